The first-order valence-electron chi connectivity index (χ1n) is 7.98. The number of carbonyl (C=O) groups excluding carboxylic acids is 1. The summed E-state index contributed by atoms with van der Waals surface area (Å²) in [5.74, 6) is -0.0396. The third-order valence-corrected chi connectivity index (χ3v) is 6.99. The maximum atomic E-state index is 12.5. The minimum absolute atomic E-state index is 0.0396. The predicted molar refractivity (Wildman–Crippen MR) is 97.5 cm³/mol. The molecule has 1 aromatic heterocycles. The Morgan fingerprint density at radius 1 is 1.20 bits per heavy atom. The molecular weight excluding hydrogens is 360 g/mol. The second kappa shape index (κ2) is 7.55. The molecule has 2 aromatic rings. The van der Waals surface area contributed by atoms with Crippen LogP contribution in [0, 0.1) is 0 Å². The highest BCUT2D eigenvalue weighted by Crippen LogP contribution is 2.21. The number of anilines is 1. The summed E-state index contributed by atoms with van der Waals surface area (Å²) in [6, 6.07) is 9.76. The van der Waals surface area contributed by atoms with Gasteiger partial charge in [0.25, 0.3) is 15.9 Å². The number of hydrogen-bond donors (Lipinski definition) is 1. The molecule has 1 aliphatic heterocycles. The van der Waals surface area contributed by atoms with Gasteiger partial charge in [0.05, 0.1) is 6.10 Å². The Hall–Kier alpha value is -1.90. The molecule has 0 radical (unpaired) electrons. The molecule has 0 saturated carbocycles. The largest absolute Gasteiger partial charge is 0.381 e. The summed E-state index contributed by atoms with van der Waals surface area (Å²) in [5, 5.41) is 1.71. The summed E-state index contributed by atoms with van der Waals surface area (Å²) >= 11 is 1.16. The molecule has 0 bridgehead atoms. The van der Waals surface area contributed by atoms with Crippen LogP contribution in [0.2, 0.25) is 0 Å². The summed E-state index contributed by atoms with van der Waals surface area (Å²) in [6.07, 6.45) is 1.89. The van der Waals surface area contributed by atoms with Gasteiger partial charge < -0.3 is 9.64 Å². The fourth-order valence-corrected chi connectivity index (χ4v) is 4.83. The van der Waals surface area contributed by atoms with E-state index in [9.17, 15) is 13.2 Å². The Kier molecular flexibility index (Phi) is 5.41. The maximum Gasteiger partial charge on any atom is 0.271 e. The van der Waals surface area contributed by atoms with Crippen LogP contribution in [0.1, 0.15) is 23.2 Å². The van der Waals surface area contributed by atoms with E-state index in [0.29, 0.717) is 24.3 Å². The van der Waals surface area contributed by atoms with Crippen molar-refractivity contribution in [2.75, 3.05) is 24.9 Å². The van der Waals surface area contributed by atoms with Crippen LogP contribution in [0.15, 0.2) is 46.0 Å². The molecular formula is C17H20N2O4S2. The zero-order valence-corrected chi connectivity index (χ0v) is 15.5. The van der Waals surface area contributed by atoms with E-state index in [1.807, 2.05) is 0 Å². The molecule has 1 saturated heterocycles. The molecule has 134 valence electrons. The molecule has 0 atom stereocenters. The number of amides is 1. The molecule has 1 aliphatic rings. The van der Waals surface area contributed by atoms with Crippen molar-refractivity contribution >= 4 is 33.0 Å². The van der Waals surface area contributed by atoms with Gasteiger partial charge in [-0.15, -0.1) is 11.3 Å². The van der Waals surface area contributed by atoms with Crippen LogP contribution >= 0.6 is 11.3 Å². The van der Waals surface area contributed by atoms with Gasteiger partial charge in [-0.05, 0) is 48.6 Å². The van der Waals surface area contributed by atoms with Crippen molar-refractivity contribution in [2.24, 2.45) is 0 Å². The number of benzene rings is 1. The van der Waals surface area contributed by atoms with Gasteiger partial charge in [-0.25, -0.2) is 8.42 Å². The van der Waals surface area contributed by atoms with Crippen LogP contribution < -0.4 is 4.72 Å². The van der Waals surface area contributed by atoms with Crippen molar-refractivity contribution in [2.45, 2.75) is 23.2 Å². The average molecular weight is 380 g/mol. The van der Waals surface area contributed by atoms with Crippen molar-refractivity contribution in [3.63, 3.8) is 0 Å². The quantitative estimate of drug-likeness (QED) is 0.865. The third kappa shape index (κ3) is 4.20. The number of carbonyl (C=O) groups is 1. The van der Waals surface area contributed by atoms with Crippen LogP contribution in [0.3, 0.4) is 0 Å². The highest BCUT2D eigenvalue weighted by molar-refractivity contribution is 7.94. The first kappa shape index (κ1) is 17.9. The van der Waals surface area contributed by atoms with Crippen molar-refractivity contribution in [3.05, 3.63) is 47.3 Å². The van der Waals surface area contributed by atoms with Crippen LogP contribution in [-0.2, 0) is 14.8 Å². The van der Waals surface area contributed by atoms with E-state index in [-0.39, 0.29) is 16.2 Å². The number of nitrogens with one attached hydrogen (secondary N) is 1. The molecule has 6 nitrogen and oxygen atoms in total. The average Bonchev–Trinajstić information content (AvgIpc) is 3.17. The predicted octanol–water partition coefficient (Wildman–Crippen LogP) is 2.80. The third-order valence-electron chi connectivity index (χ3n) is 4.21. The number of sulfonamides is 1. The number of ether oxygens (including phenoxy) is 1. The zero-order chi connectivity index (χ0) is 17.9. The van der Waals surface area contributed by atoms with Gasteiger partial charge in [-0.1, -0.05) is 6.07 Å². The van der Waals surface area contributed by atoms with Crippen LogP contribution in [0.5, 0.6) is 0 Å². The summed E-state index contributed by atoms with van der Waals surface area (Å²) in [5.41, 5.74) is 0.984. The van der Waals surface area contributed by atoms with Gasteiger partial charge in [0.1, 0.15) is 4.21 Å². The molecule has 1 fully saturated rings. The SMILES string of the molecule is COC1CCN(C(=O)c2ccc(NS(=O)(=O)c3cccs3)cc2)CC1. The van der Waals surface area contributed by atoms with Crippen molar-refractivity contribution in [3.8, 4) is 0 Å². The van der Waals surface area contributed by atoms with Crippen molar-refractivity contribution in [1.82, 2.24) is 4.90 Å². The lowest BCUT2D eigenvalue weighted by atomic mass is 10.1. The lowest BCUT2D eigenvalue weighted by Gasteiger charge is -2.31. The van der Waals surface area contributed by atoms with Crippen LogP contribution in [-0.4, -0.2) is 45.5 Å². The molecule has 1 aromatic carbocycles. The molecule has 0 unspecified atom stereocenters. The van der Waals surface area contributed by atoms with Gasteiger partial charge in [0.15, 0.2) is 0 Å². The molecule has 2 heterocycles. The first-order valence-corrected chi connectivity index (χ1v) is 10.3. The number of thiophene rings is 1. The highest BCUT2D eigenvalue weighted by Gasteiger charge is 2.23. The number of nitrogens with zero attached hydrogens (tertiary/aromatic N) is 1. The monoisotopic (exact) mass is 380 g/mol. The van der Waals surface area contributed by atoms with E-state index >= 15 is 0 Å². The smallest absolute Gasteiger partial charge is 0.271 e. The summed E-state index contributed by atoms with van der Waals surface area (Å²) in [6.45, 7) is 1.34. The van der Waals surface area contributed by atoms with Gasteiger partial charge in [0.2, 0.25) is 0 Å². The molecule has 25 heavy (non-hydrogen) atoms. The van der Waals surface area contributed by atoms with Gasteiger partial charge in [-0.3, -0.25) is 9.52 Å². The molecule has 3 rings (SSSR count). The summed E-state index contributed by atoms with van der Waals surface area (Å²) in [7, 11) is -1.88. The van der Waals surface area contributed by atoms with E-state index in [1.54, 1.807) is 53.8 Å². The van der Waals surface area contributed by atoms with Crippen LogP contribution in [0.25, 0.3) is 0 Å². The van der Waals surface area contributed by atoms with E-state index in [4.69, 9.17) is 4.74 Å². The number of likely N-dealkylation sites (tertiary alicyclic amines) is 1. The highest BCUT2D eigenvalue weighted by atomic mass is 32.2. The lowest BCUT2D eigenvalue weighted by molar-refractivity contribution is 0.0351. The number of methoxy groups -OCH3 is 1. The molecule has 1 amide bonds. The maximum absolute atomic E-state index is 12.5. The van der Waals surface area contributed by atoms with Gasteiger partial charge in [0, 0.05) is 31.5 Å². The Labute approximate surface area is 151 Å². The number of piperidine rings is 1. The van der Waals surface area contributed by atoms with Gasteiger partial charge >= 0.3 is 0 Å². The zero-order valence-electron chi connectivity index (χ0n) is 13.8. The second-order valence-corrected chi connectivity index (χ2v) is 8.70. The second-order valence-electron chi connectivity index (χ2n) is 5.84. The van der Waals surface area contributed by atoms with Crippen molar-refractivity contribution in [1.29, 1.82) is 0 Å². The topological polar surface area (TPSA) is 75.7 Å². The van der Waals surface area contributed by atoms with Crippen molar-refractivity contribution < 1.29 is 17.9 Å². The normalized spacial score (nSPS) is 16.0. The van der Waals surface area contributed by atoms with E-state index in [0.717, 1.165) is 24.2 Å². The summed E-state index contributed by atoms with van der Waals surface area (Å²) < 4.78 is 32.5. The Bertz CT molecular complexity index is 809. The fraction of sp³-hybridized carbons (Fsp3) is 0.353. The fourth-order valence-electron chi connectivity index (χ4n) is 2.78. The molecule has 8 heteroatoms. The Morgan fingerprint density at radius 3 is 2.44 bits per heavy atom. The van der Waals surface area contributed by atoms with E-state index < -0.39 is 10.0 Å². The Morgan fingerprint density at radius 2 is 1.88 bits per heavy atom. The Balaban J connectivity index is 1.65. The summed E-state index contributed by atoms with van der Waals surface area (Å²) in [4.78, 5) is 14.3. The molecule has 0 spiro atoms. The minimum Gasteiger partial charge on any atom is -0.381 e. The minimum atomic E-state index is -3.57. The van der Waals surface area contributed by atoms with Gasteiger partial charge in [-0.2, -0.15) is 0 Å². The number of rotatable bonds is 5. The van der Waals surface area contributed by atoms with E-state index in [1.165, 1.54) is 0 Å². The standard InChI is InChI=1S/C17H20N2O4S2/c1-23-15-8-10-19(11-9-15)17(20)13-4-6-14(7-5-13)18-25(21,22)16-3-2-12-24-16/h2-7,12,15,18H,8-11H2,1H3. The lowest BCUT2D eigenvalue weighted by Crippen LogP contribution is -2.40. The number of hydrogen-bond acceptors (Lipinski definition) is 5. The van der Waals surface area contributed by atoms with E-state index in [2.05, 4.69) is 4.72 Å². The first-order chi connectivity index (χ1) is 12.0. The molecule has 1 N–H and O–H groups in total. The molecule has 0 aliphatic carbocycles. The van der Waals surface area contributed by atoms with Crippen LogP contribution in [0.4, 0.5) is 5.69 Å².